The summed E-state index contributed by atoms with van der Waals surface area (Å²) in [4.78, 5) is 1.69. The molecule has 0 amide bonds. The average Bonchev–Trinajstić information content (AvgIpc) is 3.33. The molecular weight excluding hydrogens is 534 g/mol. The van der Waals surface area contributed by atoms with Gasteiger partial charge in [0.25, 0.3) is 15.6 Å². The number of aliphatic hydroxyl groups is 1. The highest BCUT2D eigenvalue weighted by Crippen LogP contribution is 2.51. The normalized spacial score (nSPS) is 17.6. The highest BCUT2D eigenvalue weighted by atomic mass is 32.2. The summed E-state index contributed by atoms with van der Waals surface area (Å²) >= 11 is 1.07. The molecule has 1 N–H and O–H groups in total. The van der Waals surface area contributed by atoms with Crippen LogP contribution < -0.4 is 4.90 Å². The number of benzene rings is 1. The van der Waals surface area contributed by atoms with E-state index in [-0.39, 0.29) is 41.9 Å². The number of alkyl halides is 6. The molecule has 1 fully saturated rings. The van der Waals surface area contributed by atoms with E-state index in [0.717, 1.165) is 17.4 Å². The summed E-state index contributed by atoms with van der Waals surface area (Å²) in [6.07, 6.45) is -12.9. The van der Waals surface area contributed by atoms with Crippen molar-refractivity contribution < 1.29 is 44.6 Å². The molecule has 202 valence electrons. The molecule has 1 aliphatic rings. The summed E-state index contributed by atoms with van der Waals surface area (Å²) in [5.41, 5.74) is -6.11. The van der Waals surface area contributed by atoms with Gasteiger partial charge in [0.05, 0.1) is 6.10 Å². The minimum absolute atomic E-state index is 0.0338. The Morgan fingerprint density at radius 2 is 1.58 bits per heavy atom. The zero-order valence-electron chi connectivity index (χ0n) is 19.6. The molecule has 0 radical (unpaired) electrons. The third kappa shape index (κ3) is 5.10. The fraction of sp³-hybridized carbons (Fsp3) is 0.545. The molecule has 0 aliphatic carbocycles. The van der Waals surface area contributed by atoms with Crippen molar-refractivity contribution in [3.63, 3.8) is 0 Å². The maximum absolute atomic E-state index is 13.5. The summed E-state index contributed by atoms with van der Waals surface area (Å²) < 4.78 is 114. The lowest BCUT2D eigenvalue weighted by Gasteiger charge is -2.38. The molecule has 36 heavy (non-hydrogen) atoms. The van der Waals surface area contributed by atoms with Crippen LogP contribution in [0, 0.1) is 5.92 Å². The first-order chi connectivity index (χ1) is 16.6. The van der Waals surface area contributed by atoms with Gasteiger partial charge in [0.15, 0.2) is 0 Å². The average molecular weight is 561 g/mol. The second kappa shape index (κ2) is 10.1. The molecule has 1 atom stereocenters. The van der Waals surface area contributed by atoms with Gasteiger partial charge in [-0.2, -0.15) is 30.6 Å². The first kappa shape index (κ1) is 28.7. The second-order valence-corrected chi connectivity index (χ2v) is 11.8. The largest absolute Gasteiger partial charge is 0.430 e. The van der Waals surface area contributed by atoms with Crippen molar-refractivity contribution in [3.05, 3.63) is 46.8 Å². The molecule has 1 saturated heterocycles. The molecule has 0 saturated carbocycles. The first-order valence-corrected chi connectivity index (χ1v) is 13.2. The fourth-order valence-corrected chi connectivity index (χ4v) is 6.82. The first-order valence-electron chi connectivity index (χ1n) is 10.9. The van der Waals surface area contributed by atoms with Crippen LogP contribution in [0.5, 0.6) is 0 Å². The summed E-state index contributed by atoms with van der Waals surface area (Å²) in [6.45, 7) is 3.81. The van der Waals surface area contributed by atoms with Crippen LogP contribution in [0.4, 0.5) is 32.0 Å². The van der Waals surface area contributed by atoms with Crippen LogP contribution in [0.15, 0.2) is 39.9 Å². The van der Waals surface area contributed by atoms with E-state index in [4.69, 9.17) is 4.74 Å². The number of nitrogens with zero attached hydrogens (tertiary/aromatic N) is 2. The molecule has 1 aromatic carbocycles. The number of ether oxygens (including phenoxy) is 1. The Balaban J connectivity index is 2.01. The maximum atomic E-state index is 13.5. The zero-order chi connectivity index (χ0) is 27.1. The summed E-state index contributed by atoms with van der Waals surface area (Å²) in [5, 5.41) is 11.5. The van der Waals surface area contributed by atoms with E-state index >= 15 is 0 Å². The molecule has 6 nitrogen and oxygen atoms in total. The predicted octanol–water partition coefficient (Wildman–Crippen LogP) is 4.91. The van der Waals surface area contributed by atoms with Gasteiger partial charge < -0.3 is 14.7 Å². The number of halogens is 6. The van der Waals surface area contributed by atoms with Gasteiger partial charge in [-0.05, 0) is 29.5 Å². The van der Waals surface area contributed by atoms with E-state index in [0.29, 0.717) is 17.8 Å². The quantitative estimate of drug-likeness (QED) is 0.488. The van der Waals surface area contributed by atoms with E-state index in [1.165, 1.54) is 17.5 Å². The van der Waals surface area contributed by atoms with E-state index in [9.17, 15) is 39.9 Å². The Hall–Kier alpha value is -1.87. The van der Waals surface area contributed by atoms with Crippen LogP contribution >= 0.6 is 11.3 Å². The number of piperazine rings is 1. The van der Waals surface area contributed by atoms with E-state index in [1.54, 1.807) is 30.2 Å². The Bertz CT molecular complexity index is 1130. The van der Waals surface area contributed by atoms with E-state index < -0.39 is 39.6 Å². The molecular formula is C22H26F6N2O4S2. The van der Waals surface area contributed by atoms with Gasteiger partial charge in [-0.15, -0.1) is 11.3 Å². The summed E-state index contributed by atoms with van der Waals surface area (Å²) in [6, 6.07) is 5.46. The van der Waals surface area contributed by atoms with Gasteiger partial charge in [-0.3, -0.25) is 0 Å². The highest BCUT2D eigenvalue weighted by Gasteiger charge is 2.71. The van der Waals surface area contributed by atoms with Gasteiger partial charge in [0.2, 0.25) is 0 Å². The van der Waals surface area contributed by atoms with Crippen molar-refractivity contribution in [2.45, 2.75) is 42.1 Å². The highest BCUT2D eigenvalue weighted by molar-refractivity contribution is 7.91. The number of hydrogen-bond donors (Lipinski definition) is 1. The fourth-order valence-electron chi connectivity index (χ4n) is 4.25. The van der Waals surface area contributed by atoms with E-state index in [1.807, 2.05) is 0 Å². The number of methoxy groups -OCH3 is 1. The van der Waals surface area contributed by atoms with Gasteiger partial charge in [-0.1, -0.05) is 26.0 Å². The van der Waals surface area contributed by atoms with Gasteiger partial charge >= 0.3 is 12.4 Å². The molecule has 3 rings (SSSR count). The Kier molecular flexibility index (Phi) is 8.07. The Labute approximate surface area is 209 Å². The smallest absolute Gasteiger partial charge is 0.376 e. The molecule has 0 spiro atoms. The standard InChI is InChI=1S/C22H26F6N2O4S2/c1-14(2)19(34-3)16-13-15(20(31,21(23,24)25)22(26,27)28)6-7-17(16)29-8-10-30(11-9-29)36(32,33)18-5-4-12-35-18/h4-7,12-14,19,31H,8-11H2,1-3H3/t19-/m1/s1. The monoisotopic (exact) mass is 560 g/mol. The molecule has 1 aromatic heterocycles. The van der Waals surface area contributed by atoms with Crippen LogP contribution in [-0.2, 0) is 20.4 Å². The number of hydrogen-bond acceptors (Lipinski definition) is 6. The van der Waals surface area contributed by atoms with Crippen LogP contribution in [0.2, 0.25) is 0 Å². The van der Waals surface area contributed by atoms with Crippen molar-refractivity contribution in [1.29, 1.82) is 0 Å². The predicted molar refractivity (Wildman–Crippen MR) is 122 cm³/mol. The Morgan fingerprint density at radius 3 is 2.03 bits per heavy atom. The second-order valence-electron chi connectivity index (χ2n) is 8.70. The molecule has 0 unspecified atom stereocenters. The van der Waals surface area contributed by atoms with Crippen molar-refractivity contribution in [3.8, 4) is 0 Å². The molecule has 2 heterocycles. The maximum Gasteiger partial charge on any atom is 0.430 e. The van der Waals surface area contributed by atoms with Crippen LogP contribution in [0.1, 0.15) is 31.1 Å². The molecule has 0 bridgehead atoms. The number of sulfonamides is 1. The molecule has 1 aliphatic heterocycles. The van der Waals surface area contributed by atoms with Crippen LogP contribution in [0.3, 0.4) is 0 Å². The topological polar surface area (TPSA) is 70.1 Å². The summed E-state index contributed by atoms with van der Waals surface area (Å²) in [5.74, 6) is -0.339. The minimum Gasteiger partial charge on any atom is -0.376 e. The van der Waals surface area contributed by atoms with Crippen LogP contribution in [0.25, 0.3) is 0 Å². The lowest BCUT2D eigenvalue weighted by Crippen LogP contribution is -2.54. The number of anilines is 1. The zero-order valence-corrected chi connectivity index (χ0v) is 21.2. The summed E-state index contributed by atoms with van der Waals surface area (Å²) in [7, 11) is -2.43. The van der Waals surface area contributed by atoms with Crippen molar-refractivity contribution in [2.24, 2.45) is 5.92 Å². The van der Waals surface area contributed by atoms with Crippen molar-refractivity contribution in [1.82, 2.24) is 4.31 Å². The van der Waals surface area contributed by atoms with Crippen molar-refractivity contribution >= 4 is 27.0 Å². The number of thiophene rings is 1. The minimum atomic E-state index is -6.02. The number of rotatable bonds is 7. The SMILES string of the molecule is CO[C@@H](c1cc(C(O)(C(F)(F)F)C(F)(F)F)ccc1N1CCN(S(=O)(=O)c2cccs2)CC1)C(C)C. The van der Waals surface area contributed by atoms with Gasteiger partial charge in [0.1, 0.15) is 4.21 Å². The third-order valence-corrected chi connectivity index (χ3v) is 9.37. The van der Waals surface area contributed by atoms with Gasteiger partial charge in [0, 0.05) is 50.1 Å². The van der Waals surface area contributed by atoms with E-state index in [2.05, 4.69) is 0 Å². The van der Waals surface area contributed by atoms with Crippen LogP contribution in [-0.4, -0.2) is 63.5 Å². The Morgan fingerprint density at radius 1 is 1.00 bits per heavy atom. The van der Waals surface area contributed by atoms with Crippen molar-refractivity contribution in [2.75, 3.05) is 38.2 Å². The third-order valence-electron chi connectivity index (χ3n) is 6.10. The lowest BCUT2D eigenvalue weighted by molar-refractivity contribution is -0.376. The molecule has 2 aromatic rings. The molecule has 14 heteroatoms. The van der Waals surface area contributed by atoms with Gasteiger partial charge in [-0.25, -0.2) is 8.42 Å². The lowest BCUT2D eigenvalue weighted by atomic mass is 9.87.